The summed E-state index contributed by atoms with van der Waals surface area (Å²) in [6.07, 6.45) is 0.825. The molecule has 0 bridgehead atoms. The molecule has 0 aliphatic rings. The molecule has 0 fully saturated rings. The molecule has 30 heavy (non-hydrogen) atoms. The van der Waals surface area contributed by atoms with Crippen LogP contribution in [0.25, 0.3) is 0 Å². The lowest BCUT2D eigenvalue weighted by Crippen LogP contribution is -2.36. The van der Waals surface area contributed by atoms with Crippen molar-refractivity contribution in [3.63, 3.8) is 0 Å². The summed E-state index contributed by atoms with van der Waals surface area (Å²) in [6.45, 7) is 1.11. The summed E-state index contributed by atoms with van der Waals surface area (Å²) in [5.74, 6) is 1.49. The van der Waals surface area contributed by atoms with E-state index in [1.165, 1.54) is 0 Å². The number of benzene rings is 2. The summed E-state index contributed by atoms with van der Waals surface area (Å²) in [5.41, 5.74) is 2.61. The molecule has 0 atom stereocenters. The van der Waals surface area contributed by atoms with Crippen LogP contribution in [0.1, 0.15) is 23.1 Å². The predicted octanol–water partition coefficient (Wildman–Crippen LogP) is 3.88. The number of alkyl halides is 2. The predicted molar refractivity (Wildman–Crippen MR) is 113 cm³/mol. The molecule has 0 spiro atoms. The Hall–Kier alpha value is -2.87. The second-order valence-corrected chi connectivity index (χ2v) is 6.61. The molecule has 164 valence electrons. The normalized spacial score (nSPS) is 11.5. The number of aliphatic imine (C=N–C) groups is 1. The molecule has 0 amide bonds. The van der Waals surface area contributed by atoms with Gasteiger partial charge in [-0.2, -0.15) is 8.78 Å². The third kappa shape index (κ3) is 8.24. The molecule has 6 nitrogen and oxygen atoms in total. The first-order valence-corrected chi connectivity index (χ1v) is 9.71. The first-order valence-electron chi connectivity index (χ1n) is 9.71. The van der Waals surface area contributed by atoms with Crippen LogP contribution in [0.5, 0.6) is 11.5 Å². The van der Waals surface area contributed by atoms with Gasteiger partial charge in [-0.1, -0.05) is 29.8 Å². The number of hydrogen-bond donors (Lipinski definition) is 2. The van der Waals surface area contributed by atoms with Gasteiger partial charge in [-0.3, -0.25) is 4.99 Å². The lowest BCUT2D eigenvalue weighted by Gasteiger charge is -2.15. The zero-order valence-corrected chi connectivity index (χ0v) is 17.6. The van der Waals surface area contributed by atoms with E-state index in [9.17, 15) is 8.78 Å². The van der Waals surface area contributed by atoms with E-state index in [0.717, 1.165) is 23.3 Å². The van der Waals surface area contributed by atoms with Crippen molar-refractivity contribution in [2.24, 2.45) is 4.99 Å². The third-order valence-electron chi connectivity index (χ3n) is 4.22. The van der Waals surface area contributed by atoms with Crippen LogP contribution < -0.4 is 20.1 Å². The zero-order valence-electron chi connectivity index (χ0n) is 17.6. The summed E-state index contributed by atoms with van der Waals surface area (Å²) in [4.78, 5) is 4.18. The van der Waals surface area contributed by atoms with Crippen LogP contribution >= 0.6 is 0 Å². The van der Waals surface area contributed by atoms with Gasteiger partial charge in [-0.15, -0.1) is 0 Å². The lowest BCUT2D eigenvalue weighted by atomic mass is 10.1. The van der Waals surface area contributed by atoms with Crippen molar-refractivity contribution in [3.8, 4) is 11.5 Å². The number of hydrogen-bond acceptors (Lipinski definition) is 4. The van der Waals surface area contributed by atoms with Crippen molar-refractivity contribution in [2.45, 2.75) is 33.0 Å². The number of methoxy groups -OCH3 is 1. The number of guanidine groups is 1. The molecule has 0 saturated heterocycles. The first kappa shape index (κ1) is 23.4. The minimum absolute atomic E-state index is 0.150. The van der Waals surface area contributed by atoms with Crippen LogP contribution in [0.4, 0.5) is 8.78 Å². The first-order chi connectivity index (χ1) is 14.5. The molecular formula is C22H29F2N3O3. The van der Waals surface area contributed by atoms with E-state index in [1.807, 2.05) is 37.3 Å². The van der Waals surface area contributed by atoms with Crippen LogP contribution in [0.3, 0.4) is 0 Å². The zero-order chi connectivity index (χ0) is 21.8. The highest BCUT2D eigenvalue weighted by Crippen LogP contribution is 2.22. The molecule has 0 aromatic heterocycles. The van der Waals surface area contributed by atoms with Crippen molar-refractivity contribution in [2.75, 3.05) is 27.4 Å². The van der Waals surface area contributed by atoms with Gasteiger partial charge in [-0.25, -0.2) is 0 Å². The largest absolute Gasteiger partial charge is 0.493 e. The fourth-order valence-electron chi connectivity index (χ4n) is 2.78. The van der Waals surface area contributed by atoms with Crippen LogP contribution in [0, 0.1) is 6.92 Å². The van der Waals surface area contributed by atoms with E-state index in [1.54, 1.807) is 26.3 Å². The Morgan fingerprint density at radius 2 is 1.87 bits per heavy atom. The smallest absolute Gasteiger partial charge is 0.387 e. The highest BCUT2D eigenvalue weighted by atomic mass is 19.3. The van der Waals surface area contributed by atoms with Crippen molar-refractivity contribution < 1.29 is 23.0 Å². The number of nitrogens with one attached hydrogen (secondary N) is 2. The number of nitrogens with zero attached hydrogens (tertiary/aromatic N) is 1. The van der Waals surface area contributed by atoms with Crippen LogP contribution in [-0.4, -0.2) is 39.9 Å². The molecule has 0 saturated carbocycles. The van der Waals surface area contributed by atoms with E-state index in [2.05, 4.69) is 20.4 Å². The molecule has 0 radical (unpaired) electrons. The van der Waals surface area contributed by atoms with Gasteiger partial charge in [0.25, 0.3) is 0 Å². The average Bonchev–Trinajstić information content (AvgIpc) is 2.73. The van der Waals surface area contributed by atoms with Crippen molar-refractivity contribution in [3.05, 3.63) is 59.2 Å². The summed E-state index contributed by atoms with van der Waals surface area (Å²) >= 11 is 0. The van der Waals surface area contributed by atoms with Gasteiger partial charge in [0.15, 0.2) is 5.96 Å². The highest BCUT2D eigenvalue weighted by molar-refractivity contribution is 5.79. The van der Waals surface area contributed by atoms with Crippen LogP contribution in [0.2, 0.25) is 0 Å². The van der Waals surface area contributed by atoms with Gasteiger partial charge < -0.3 is 24.8 Å². The fourth-order valence-corrected chi connectivity index (χ4v) is 2.78. The van der Waals surface area contributed by atoms with E-state index in [-0.39, 0.29) is 5.75 Å². The summed E-state index contributed by atoms with van der Waals surface area (Å²) < 4.78 is 40.6. The molecule has 0 aliphatic heterocycles. The minimum Gasteiger partial charge on any atom is -0.493 e. The van der Waals surface area contributed by atoms with E-state index in [4.69, 9.17) is 9.47 Å². The molecular weight excluding hydrogens is 392 g/mol. The van der Waals surface area contributed by atoms with Crippen molar-refractivity contribution >= 4 is 5.96 Å². The molecule has 0 aliphatic carbocycles. The number of halogens is 2. The van der Waals surface area contributed by atoms with Gasteiger partial charge in [0, 0.05) is 45.8 Å². The summed E-state index contributed by atoms with van der Waals surface area (Å²) in [6, 6.07) is 12.9. The SMILES string of the molecule is CN=C(NCc1cccc(OCCCOC)c1)NCc1cc(C)ccc1OC(F)F. The maximum absolute atomic E-state index is 12.6. The second kappa shape index (κ2) is 12.6. The minimum atomic E-state index is -2.87. The molecule has 2 aromatic carbocycles. The number of rotatable bonds is 11. The standard InChI is InChI=1S/C22H29F2N3O3/c1-16-8-9-20(30-21(23)24)18(12-16)15-27-22(25-2)26-14-17-6-4-7-19(13-17)29-11-5-10-28-3/h4,6-9,12-13,21H,5,10-11,14-15H2,1-3H3,(H2,25,26,27). The highest BCUT2D eigenvalue weighted by Gasteiger charge is 2.10. The van der Waals surface area contributed by atoms with Crippen LogP contribution in [0.15, 0.2) is 47.5 Å². The Labute approximate surface area is 176 Å². The van der Waals surface area contributed by atoms with Crippen molar-refractivity contribution in [1.82, 2.24) is 10.6 Å². The molecule has 2 rings (SSSR count). The Morgan fingerprint density at radius 3 is 2.60 bits per heavy atom. The molecule has 2 aromatic rings. The summed E-state index contributed by atoms with van der Waals surface area (Å²) in [5, 5.41) is 6.34. The average molecular weight is 421 g/mol. The maximum atomic E-state index is 12.6. The fraction of sp³-hybridized carbons (Fsp3) is 0.409. The molecule has 0 unspecified atom stereocenters. The van der Waals surface area contributed by atoms with E-state index >= 15 is 0 Å². The summed E-state index contributed by atoms with van der Waals surface area (Å²) in [7, 11) is 3.32. The molecule has 8 heteroatoms. The Kier molecular flexibility index (Phi) is 9.86. The Balaban J connectivity index is 1.89. The number of ether oxygens (including phenoxy) is 3. The van der Waals surface area contributed by atoms with E-state index in [0.29, 0.717) is 37.8 Å². The lowest BCUT2D eigenvalue weighted by molar-refractivity contribution is -0.0504. The third-order valence-corrected chi connectivity index (χ3v) is 4.22. The van der Waals surface area contributed by atoms with Gasteiger partial charge in [0.2, 0.25) is 0 Å². The van der Waals surface area contributed by atoms with Gasteiger partial charge >= 0.3 is 6.61 Å². The van der Waals surface area contributed by atoms with Gasteiger partial charge in [0.1, 0.15) is 11.5 Å². The second-order valence-electron chi connectivity index (χ2n) is 6.61. The van der Waals surface area contributed by atoms with Gasteiger partial charge in [0.05, 0.1) is 6.61 Å². The van der Waals surface area contributed by atoms with E-state index < -0.39 is 6.61 Å². The van der Waals surface area contributed by atoms with Crippen molar-refractivity contribution in [1.29, 1.82) is 0 Å². The van der Waals surface area contributed by atoms with Gasteiger partial charge in [-0.05, 0) is 30.7 Å². The molecule has 0 heterocycles. The molecule has 2 N–H and O–H groups in total. The Morgan fingerprint density at radius 1 is 1.07 bits per heavy atom. The topological polar surface area (TPSA) is 64.1 Å². The quantitative estimate of drug-likeness (QED) is 0.328. The number of aryl methyl sites for hydroxylation is 1. The monoisotopic (exact) mass is 421 g/mol. The maximum Gasteiger partial charge on any atom is 0.387 e. The Bertz CT molecular complexity index is 816. The van der Waals surface area contributed by atoms with Crippen LogP contribution in [-0.2, 0) is 17.8 Å².